The summed E-state index contributed by atoms with van der Waals surface area (Å²) in [5.74, 6) is 0.481. The maximum absolute atomic E-state index is 12.6. The first-order chi connectivity index (χ1) is 13.8. The lowest BCUT2D eigenvalue weighted by molar-refractivity contribution is -0.117. The van der Waals surface area contributed by atoms with E-state index in [0.717, 1.165) is 12.1 Å². The zero-order valence-corrected chi connectivity index (χ0v) is 15.5. The molecule has 1 heterocycles. The Balaban J connectivity index is 1.26. The lowest BCUT2D eigenvalue weighted by Gasteiger charge is -2.06. The molecule has 1 aliphatic rings. The van der Waals surface area contributed by atoms with Crippen LogP contribution in [0.1, 0.15) is 23.5 Å². The van der Waals surface area contributed by atoms with Crippen molar-refractivity contribution in [2.45, 2.75) is 18.9 Å². The largest absolute Gasteiger partial charge is 0.323 e. The molecule has 1 N–H and O–H groups in total. The van der Waals surface area contributed by atoms with Crippen LogP contribution in [0, 0.1) is 5.92 Å². The fourth-order valence-corrected chi connectivity index (χ4v) is 3.91. The summed E-state index contributed by atoms with van der Waals surface area (Å²) in [5.41, 5.74) is 3.21. The number of nitrogens with zero attached hydrogens (tertiary/aromatic N) is 2. The maximum atomic E-state index is 12.6. The van der Waals surface area contributed by atoms with E-state index in [1.165, 1.54) is 21.9 Å². The lowest BCUT2D eigenvalue weighted by atomic mass is 10.0. The molecule has 0 spiro atoms. The highest BCUT2D eigenvalue weighted by molar-refractivity contribution is 5.95. The Hall–Kier alpha value is -3.40. The van der Waals surface area contributed by atoms with Crippen LogP contribution in [0.25, 0.3) is 10.8 Å². The molecule has 28 heavy (non-hydrogen) atoms. The Labute approximate surface area is 163 Å². The van der Waals surface area contributed by atoms with Gasteiger partial charge in [0, 0.05) is 12.1 Å². The molecule has 138 valence electrons. The van der Waals surface area contributed by atoms with E-state index in [4.69, 9.17) is 0 Å². The van der Waals surface area contributed by atoms with Crippen LogP contribution in [-0.2, 0) is 11.3 Å². The van der Waals surface area contributed by atoms with E-state index in [9.17, 15) is 4.79 Å². The minimum absolute atomic E-state index is 0.0591. The van der Waals surface area contributed by atoms with Crippen molar-refractivity contribution in [1.82, 2.24) is 9.78 Å². The van der Waals surface area contributed by atoms with Crippen molar-refractivity contribution in [1.29, 1.82) is 0 Å². The van der Waals surface area contributed by atoms with Gasteiger partial charge in [0.1, 0.15) is 0 Å². The van der Waals surface area contributed by atoms with Crippen LogP contribution in [0.2, 0.25) is 0 Å². The van der Waals surface area contributed by atoms with E-state index in [-0.39, 0.29) is 11.8 Å². The molecule has 1 amide bonds. The van der Waals surface area contributed by atoms with Crippen LogP contribution in [0.5, 0.6) is 0 Å². The normalized spacial score (nSPS) is 18.1. The number of rotatable bonds is 5. The van der Waals surface area contributed by atoms with Crippen molar-refractivity contribution in [3.8, 4) is 0 Å². The van der Waals surface area contributed by atoms with Gasteiger partial charge in [0.05, 0.1) is 18.4 Å². The third kappa shape index (κ3) is 3.29. The van der Waals surface area contributed by atoms with Gasteiger partial charge in [-0.1, -0.05) is 72.8 Å². The summed E-state index contributed by atoms with van der Waals surface area (Å²) in [6.45, 7) is 0.674. The monoisotopic (exact) mass is 367 g/mol. The van der Waals surface area contributed by atoms with Gasteiger partial charge < -0.3 is 5.32 Å². The molecule has 0 aliphatic heterocycles. The predicted molar refractivity (Wildman–Crippen MR) is 111 cm³/mol. The zero-order valence-electron chi connectivity index (χ0n) is 15.5. The Morgan fingerprint density at radius 2 is 1.79 bits per heavy atom. The van der Waals surface area contributed by atoms with Crippen LogP contribution in [0.15, 0.2) is 85.2 Å². The van der Waals surface area contributed by atoms with E-state index in [1.807, 2.05) is 35.1 Å². The smallest absolute Gasteiger partial charge is 0.228 e. The minimum atomic E-state index is 0.0591. The molecule has 4 aromatic rings. The summed E-state index contributed by atoms with van der Waals surface area (Å²) in [6.07, 6.45) is 4.54. The quantitative estimate of drug-likeness (QED) is 0.549. The minimum Gasteiger partial charge on any atom is -0.323 e. The van der Waals surface area contributed by atoms with Gasteiger partial charge in [0.15, 0.2) is 0 Å². The summed E-state index contributed by atoms with van der Waals surface area (Å²) in [7, 11) is 0. The number of carbonyl (C=O) groups is 1. The summed E-state index contributed by atoms with van der Waals surface area (Å²) >= 11 is 0. The number of amides is 1. The van der Waals surface area contributed by atoms with Gasteiger partial charge in [-0.25, -0.2) is 0 Å². The number of nitrogens with one attached hydrogen (secondary N) is 1. The Bertz CT molecular complexity index is 1130. The molecule has 1 aromatic heterocycles. The third-order valence-electron chi connectivity index (χ3n) is 5.47. The van der Waals surface area contributed by atoms with E-state index in [0.29, 0.717) is 12.5 Å². The maximum Gasteiger partial charge on any atom is 0.228 e. The summed E-state index contributed by atoms with van der Waals surface area (Å²) in [6, 6.07) is 24.9. The van der Waals surface area contributed by atoms with Gasteiger partial charge in [-0.15, -0.1) is 0 Å². The molecule has 0 unspecified atom stereocenters. The fourth-order valence-electron chi connectivity index (χ4n) is 3.91. The van der Waals surface area contributed by atoms with Gasteiger partial charge in [-0.2, -0.15) is 5.10 Å². The number of anilines is 1. The predicted octanol–water partition coefficient (Wildman–Crippen LogP) is 4.83. The van der Waals surface area contributed by atoms with Crippen LogP contribution in [-0.4, -0.2) is 15.7 Å². The number of aromatic nitrogens is 2. The number of carbonyl (C=O) groups excluding carboxylic acids is 1. The number of hydrogen-bond acceptors (Lipinski definition) is 2. The van der Waals surface area contributed by atoms with Crippen LogP contribution >= 0.6 is 0 Å². The summed E-state index contributed by atoms with van der Waals surface area (Å²) in [4.78, 5) is 12.6. The second kappa shape index (κ2) is 6.97. The first-order valence-corrected chi connectivity index (χ1v) is 9.63. The lowest BCUT2D eigenvalue weighted by Crippen LogP contribution is -2.14. The second-order valence-corrected chi connectivity index (χ2v) is 7.41. The molecular formula is C24H21N3O. The molecule has 5 rings (SSSR count). The molecule has 0 radical (unpaired) electrons. The van der Waals surface area contributed by atoms with Gasteiger partial charge in [-0.05, 0) is 34.2 Å². The highest BCUT2D eigenvalue weighted by Gasteiger charge is 2.43. The van der Waals surface area contributed by atoms with Gasteiger partial charge >= 0.3 is 0 Å². The van der Waals surface area contributed by atoms with Crippen LogP contribution < -0.4 is 5.32 Å². The summed E-state index contributed by atoms with van der Waals surface area (Å²) < 4.78 is 1.87. The molecule has 4 heteroatoms. The van der Waals surface area contributed by atoms with Crippen molar-refractivity contribution in [2.75, 3.05) is 5.32 Å². The van der Waals surface area contributed by atoms with Crippen molar-refractivity contribution >= 4 is 22.4 Å². The number of benzene rings is 3. The molecule has 0 saturated heterocycles. The first kappa shape index (κ1) is 16.8. The number of hydrogen-bond donors (Lipinski definition) is 1. The second-order valence-electron chi connectivity index (χ2n) is 7.41. The summed E-state index contributed by atoms with van der Waals surface area (Å²) in [5, 5.41) is 9.91. The Morgan fingerprint density at radius 1 is 1.00 bits per heavy atom. The molecule has 1 fully saturated rings. The van der Waals surface area contributed by atoms with Crippen LogP contribution in [0.4, 0.5) is 5.69 Å². The average molecular weight is 367 g/mol. The standard InChI is InChI=1S/C24H21N3O/c28-24(23-13-22(23)18-7-2-1-3-8-18)26-20-14-25-27(16-20)15-19-11-6-10-17-9-4-5-12-21(17)19/h1-12,14,16,22-23H,13,15H2,(H,26,28)/t22-,23-/m0/s1. The highest BCUT2D eigenvalue weighted by atomic mass is 16.2. The van der Waals surface area contributed by atoms with Gasteiger partial charge in [0.25, 0.3) is 0 Å². The molecule has 0 bridgehead atoms. The number of fused-ring (bicyclic) bond motifs is 1. The van der Waals surface area contributed by atoms with Crippen molar-refractivity contribution < 1.29 is 4.79 Å². The van der Waals surface area contributed by atoms with Crippen LogP contribution in [0.3, 0.4) is 0 Å². The van der Waals surface area contributed by atoms with E-state index < -0.39 is 0 Å². The van der Waals surface area contributed by atoms with Crippen molar-refractivity contribution in [3.05, 3.63) is 96.3 Å². The fraction of sp³-hybridized carbons (Fsp3) is 0.167. The SMILES string of the molecule is O=C(Nc1cnn(Cc2cccc3ccccc23)c1)[C@H]1C[C@H]1c1ccccc1. The topological polar surface area (TPSA) is 46.9 Å². The molecule has 3 aromatic carbocycles. The molecule has 4 nitrogen and oxygen atoms in total. The molecule has 2 atom stereocenters. The Kier molecular flexibility index (Phi) is 4.17. The Morgan fingerprint density at radius 3 is 2.68 bits per heavy atom. The van der Waals surface area contributed by atoms with E-state index >= 15 is 0 Å². The van der Waals surface area contributed by atoms with E-state index in [1.54, 1.807) is 6.20 Å². The highest BCUT2D eigenvalue weighted by Crippen LogP contribution is 2.47. The van der Waals surface area contributed by atoms with Crippen molar-refractivity contribution in [3.63, 3.8) is 0 Å². The average Bonchev–Trinajstić information content (AvgIpc) is 3.43. The zero-order chi connectivity index (χ0) is 18.9. The molecule has 1 aliphatic carbocycles. The van der Waals surface area contributed by atoms with Crippen molar-refractivity contribution in [2.24, 2.45) is 5.92 Å². The van der Waals surface area contributed by atoms with E-state index in [2.05, 4.69) is 58.9 Å². The molecular weight excluding hydrogens is 346 g/mol. The third-order valence-corrected chi connectivity index (χ3v) is 5.47. The first-order valence-electron chi connectivity index (χ1n) is 9.63. The van der Waals surface area contributed by atoms with Gasteiger partial charge in [-0.3, -0.25) is 9.48 Å². The van der Waals surface area contributed by atoms with Gasteiger partial charge in [0.2, 0.25) is 5.91 Å². The molecule has 1 saturated carbocycles.